The van der Waals surface area contributed by atoms with Crippen LogP contribution in [0.2, 0.25) is 10.0 Å². The van der Waals surface area contributed by atoms with E-state index in [0.717, 1.165) is 38.0 Å². The van der Waals surface area contributed by atoms with E-state index in [4.69, 9.17) is 28.9 Å². The van der Waals surface area contributed by atoms with Crippen LogP contribution in [-0.4, -0.2) is 72.7 Å². The Morgan fingerprint density at radius 1 is 1.00 bits per heavy atom. The Hall–Kier alpha value is -1.91. The van der Waals surface area contributed by atoms with Gasteiger partial charge in [-0.15, -0.1) is 0 Å². The smallest absolute Gasteiger partial charge is 0.243 e. The highest BCUT2D eigenvalue weighted by atomic mass is 35.5. The third kappa shape index (κ3) is 5.60. The predicted octanol–water partition coefficient (Wildman–Crippen LogP) is 2.72. The zero-order valence-electron chi connectivity index (χ0n) is 18.2. The molecule has 2 aliphatic heterocycles. The van der Waals surface area contributed by atoms with Crippen LogP contribution in [0.15, 0.2) is 41.4 Å². The van der Waals surface area contributed by atoms with Crippen molar-refractivity contribution < 1.29 is 13.2 Å². The minimum Gasteiger partial charge on any atom is -0.384 e. The van der Waals surface area contributed by atoms with E-state index in [-0.39, 0.29) is 34.8 Å². The van der Waals surface area contributed by atoms with E-state index >= 15 is 0 Å². The van der Waals surface area contributed by atoms with E-state index < -0.39 is 10.0 Å². The van der Waals surface area contributed by atoms with Gasteiger partial charge in [-0.3, -0.25) is 9.69 Å². The summed E-state index contributed by atoms with van der Waals surface area (Å²) in [5.74, 6) is 0.606. The van der Waals surface area contributed by atoms with E-state index in [9.17, 15) is 13.2 Å². The molecule has 2 aliphatic rings. The summed E-state index contributed by atoms with van der Waals surface area (Å²) < 4.78 is 27.3. The minimum atomic E-state index is -3.68. The number of sulfonamides is 1. The van der Waals surface area contributed by atoms with Crippen molar-refractivity contribution in [3.8, 4) is 0 Å². The first-order valence-corrected chi connectivity index (χ1v) is 13.1. The van der Waals surface area contributed by atoms with Gasteiger partial charge in [-0.2, -0.15) is 4.31 Å². The van der Waals surface area contributed by atoms with Gasteiger partial charge in [0.25, 0.3) is 0 Å². The topological polar surface area (TPSA) is 99.8 Å². The molecule has 0 spiro atoms. The fraction of sp³-hybridized carbons (Fsp3) is 0.455. The quantitative estimate of drug-likeness (QED) is 0.662. The summed E-state index contributed by atoms with van der Waals surface area (Å²) in [5, 5.41) is 0.507. The summed E-state index contributed by atoms with van der Waals surface area (Å²) >= 11 is 11.9. The number of piperazine rings is 1. The molecular weight excluding hydrogens is 485 g/mol. The molecule has 0 aliphatic carbocycles. The monoisotopic (exact) mass is 511 g/mol. The van der Waals surface area contributed by atoms with Gasteiger partial charge in [0.15, 0.2) is 0 Å². The maximum atomic E-state index is 13.1. The standard InChI is InChI=1S/C22H27Cl2N5O3S/c23-19-2-1-18(14-20(19)24)33(31,32)29-11-9-28(10-12-29)22(30)17-4-7-27(8-5-17)15-16-3-6-26-21(25)13-16/h1-3,6,13-14,17H,4-5,7-12,15H2,(H2,25,26). The lowest BCUT2D eigenvalue weighted by molar-refractivity contribution is -0.138. The lowest BCUT2D eigenvalue weighted by Gasteiger charge is -2.38. The Morgan fingerprint density at radius 2 is 1.70 bits per heavy atom. The lowest BCUT2D eigenvalue weighted by atomic mass is 9.94. The van der Waals surface area contributed by atoms with E-state index in [1.54, 1.807) is 11.1 Å². The maximum absolute atomic E-state index is 13.1. The second kappa shape index (κ2) is 10.1. The number of nitrogens with two attached hydrogens (primary N) is 1. The molecule has 178 valence electrons. The Balaban J connectivity index is 1.28. The van der Waals surface area contributed by atoms with Gasteiger partial charge in [-0.1, -0.05) is 23.2 Å². The lowest BCUT2D eigenvalue weighted by Crippen LogP contribution is -2.52. The van der Waals surface area contributed by atoms with Crippen molar-refractivity contribution in [3.05, 3.63) is 52.1 Å². The van der Waals surface area contributed by atoms with Crippen LogP contribution in [0.3, 0.4) is 0 Å². The first kappa shape index (κ1) is 24.2. The number of piperidine rings is 1. The van der Waals surface area contributed by atoms with Crippen molar-refractivity contribution in [1.29, 1.82) is 0 Å². The first-order valence-electron chi connectivity index (χ1n) is 10.9. The van der Waals surface area contributed by atoms with E-state index in [0.29, 0.717) is 23.9 Å². The molecule has 1 amide bonds. The largest absolute Gasteiger partial charge is 0.384 e. The molecule has 0 radical (unpaired) electrons. The van der Waals surface area contributed by atoms with E-state index in [2.05, 4.69) is 9.88 Å². The average molecular weight is 512 g/mol. The first-order chi connectivity index (χ1) is 15.7. The molecule has 1 aromatic carbocycles. The van der Waals surface area contributed by atoms with Gasteiger partial charge in [-0.25, -0.2) is 13.4 Å². The maximum Gasteiger partial charge on any atom is 0.243 e. The minimum absolute atomic E-state index is 0.0259. The van der Waals surface area contributed by atoms with Crippen LogP contribution in [0.1, 0.15) is 18.4 Å². The third-order valence-corrected chi connectivity index (χ3v) is 8.90. The van der Waals surface area contributed by atoms with Crippen LogP contribution < -0.4 is 5.73 Å². The van der Waals surface area contributed by atoms with Crippen molar-refractivity contribution in [2.75, 3.05) is 45.0 Å². The van der Waals surface area contributed by atoms with E-state index in [1.165, 1.54) is 22.5 Å². The SMILES string of the molecule is Nc1cc(CN2CCC(C(=O)N3CCN(S(=O)(=O)c4ccc(Cl)c(Cl)c4)CC3)CC2)ccn1. The van der Waals surface area contributed by atoms with Gasteiger partial charge in [0, 0.05) is 44.8 Å². The molecular formula is C22H27Cl2N5O3S. The molecule has 4 rings (SSSR count). The van der Waals surface area contributed by atoms with Crippen molar-refractivity contribution in [3.63, 3.8) is 0 Å². The zero-order chi connectivity index (χ0) is 23.6. The number of rotatable bonds is 5. The normalized spacial score (nSPS) is 19.0. The van der Waals surface area contributed by atoms with Crippen LogP contribution in [-0.2, 0) is 21.4 Å². The van der Waals surface area contributed by atoms with Crippen molar-refractivity contribution in [2.24, 2.45) is 5.92 Å². The molecule has 2 fully saturated rings. The van der Waals surface area contributed by atoms with Crippen molar-refractivity contribution in [2.45, 2.75) is 24.3 Å². The molecule has 0 unspecified atom stereocenters. The molecule has 2 aromatic rings. The van der Waals surface area contributed by atoms with Gasteiger partial charge in [-0.05, 0) is 61.8 Å². The molecule has 0 bridgehead atoms. The number of hydrogen-bond donors (Lipinski definition) is 1. The Kier molecular flexibility index (Phi) is 7.45. The number of amides is 1. The zero-order valence-corrected chi connectivity index (χ0v) is 20.5. The summed E-state index contributed by atoms with van der Waals surface area (Å²) in [5.41, 5.74) is 6.88. The molecule has 1 aromatic heterocycles. The van der Waals surface area contributed by atoms with Crippen molar-refractivity contribution in [1.82, 2.24) is 19.1 Å². The van der Waals surface area contributed by atoms with Gasteiger partial charge in [0.1, 0.15) is 5.82 Å². The van der Waals surface area contributed by atoms with Crippen molar-refractivity contribution >= 4 is 45.0 Å². The molecule has 0 atom stereocenters. The van der Waals surface area contributed by atoms with Crippen LogP contribution in [0.5, 0.6) is 0 Å². The van der Waals surface area contributed by atoms with E-state index in [1.807, 2.05) is 12.1 Å². The predicted molar refractivity (Wildman–Crippen MR) is 128 cm³/mol. The number of nitrogen functional groups attached to an aromatic ring is 1. The molecule has 0 saturated carbocycles. The number of carbonyl (C=O) groups is 1. The summed E-state index contributed by atoms with van der Waals surface area (Å²) in [6.07, 6.45) is 3.30. The molecule has 33 heavy (non-hydrogen) atoms. The van der Waals surface area contributed by atoms with Crippen LogP contribution in [0.25, 0.3) is 0 Å². The second-order valence-electron chi connectivity index (χ2n) is 8.44. The van der Waals surface area contributed by atoms with Crippen LogP contribution >= 0.6 is 23.2 Å². The van der Waals surface area contributed by atoms with Crippen LogP contribution in [0, 0.1) is 5.92 Å². The molecule has 3 heterocycles. The summed E-state index contributed by atoms with van der Waals surface area (Å²) in [4.78, 5) is 21.3. The number of pyridine rings is 1. The summed E-state index contributed by atoms with van der Waals surface area (Å²) in [6, 6.07) is 8.13. The fourth-order valence-corrected chi connectivity index (χ4v) is 6.19. The summed E-state index contributed by atoms with van der Waals surface area (Å²) in [7, 11) is -3.68. The fourth-order valence-electron chi connectivity index (χ4n) is 4.38. The highest BCUT2D eigenvalue weighted by Gasteiger charge is 2.34. The highest BCUT2D eigenvalue weighted by molar-refractivity contribution is 7.89. The number of hydrogen-bond acceptors (Lipinski definition) is 6. The number of anilines is 1. The number of carbonyl (C=O) groups excluding carboxylic acids is 1. The molecule has 11 heteroatoms. The number of nitrogens with zero attached hydrogens (tertiary/aromatic N) is 4. The Labute approximate surface area is 204 Å². The number of likely N-dealkylation sites (tertiary alicyclic amines) is 1. The van der Waals surface area contributed by atoms with Crippen LogP contribution in [0.4, 0.5) is 5.82 Å². The molecule has 2 saturated heterocycles. The van der Waals surface area contributed by atoms with Gasteiger partial charge < -0.3 is 10.6 Å². The number of aromatic nitrogens is 1. The highest BCUT2D eigenvalue weighted by Crippen LogP contribution is 2.28. The Morgan fingerprint density at radius 3 is 2.33 bits per heavy atom. The van der Waals surface area contributed by atoms with Gasteiger partial charge in [0.05, 0.1) is 14.9 Å². The third-order valence-electron chi connectivity index (χ3n) is 6.27. The Bertz CT molecular complexity index is 1110. The molecule has 8 nitrogen and oxygen atoms in total. The summed E-state index contributed by atoms with van der Waals surface area (Å²) in [6.45, 7) is 3.76. The average Bonchev–Trinajstić information content (AvgIpc) is 2.81. The second-order valence-corrected chi connectivity index (χ2v) is 11.2. The molecule has 2 N–H and O–H groups in total. The van der Waals surface area contributed by atoms with Gasteiger partial charge >= 0.3 is 0 Å². The van der Waals surface area contributed by atoms with Gasteiger partial charge in [0.2, 0.25) is 15.9 Å². The number of benzene rings is 1. The number of halogens is 2.